The number of alkyl halides is 4. The fourth-order valence-corrected chi connectivity index (χ4v) is 3.10. The van der Waals surface area contributed by atoms with E-state index >= 15 is 0 Å². The molecular formula is C20H20ClF4N3OS. The van der Waals surface area contributed by atoms with E-state index in [0.717, 1.165) is 15.4 Å². The lowest BCUT2D eigenvalue weighted by Gasteiger charge is -2.31. The lowest BCUT2D eigenvalue weighted by atomic mass is 10.1. The Morgan fingerprint density at radius 3 is 2.40 bits per heavy atom. The van der Waals surface area contributed by atoms with Gasteiger partial charge in [-0.1, -0.05) is 30.3 Å². The van der Waals surface area contributed by atoms with E-state index < -0.39 is 35.7 Å². The van der Waals surface area contributed by atoms with Crippen LogP contribution in [0.25, 0.3) is 0 Å². The van der Waals surface area contributed by atoms with E-state index in [-0.39, 0.29) is 12.2 Å². The van der Waals surface area contributed by atoms with Crippen LogP contribution in [-0.2, 0) is 6.54 Å². The summed E-state index contributed by atoms with van der Waals surface area (Å²) in [5, 5.41) is 1.60. The van der Waals surface area contributed by atoms with Gasteiger partial charge in [-0.05, 0) is 54.9 Å². The molecule has 0 saturated heterocycles. The number of anilines is 1. The molecular weight excluding hydrogens is 442 g/mol. The second-order valence-corrected chi connectivity index (χ2v) is 7.20. The van der Waals surface area contributed by atoms with Crippen molar-refractivity contribution in [3.63, 3.8) is 0 Å². The van der Waals surface area contributed by atoms with E-state index in [1.54, 1.807) is 44.2 Å². The Balaban J connectivity index is 2.38. The lowest BCUT2D eigenvalue weighted by molar-refractivity contribution is -0.122. The van der Waals surface area contributed by atoms with Crippen LogP contribution in [0.5, 0.6) is 0 Å². The highest BCUT2D eigenvalue weighted by molar-refractivity contribution is 7.80. The molecule has 0 bridgehead atoms. The van der Waals surface area contributed by atoms with Crippen molar-refractivity contribution < 1.29 is 22.4 Å². The minimum absolute atomic E-state index is 0.103. The highest BCUT2D eigenvalue weighted by atomic mass is 35.5. The van der Waals surface area contributed by atoms with Crippen LogP contribution < -0.4 is 10.2 Å². The number of nitrogens with zero attached hydrogens (tertiary/aromatic N) is 2. The van der Waals surface area contributed by atoms with E-state index in [9.17, 15) is 22.4 Å². The summed E-state index contributed by atoms with van der Waals surface area (Å²) in [7, 11) is 0. The minimum atomic E-state index is -4.53. The second-order valence-electron chi connectivity index (χ2n) is 6.57. The Kier molecular flexibility index (Phi) is 8.03. The van der Waals surface area contributed by atoms with E-state index in [1.807, 2.05) is 5.32 Å². The number of benzene rings is 2. The van der Waals surface area contributed by atoms with Crippen molar-refractivity contribution >= 4 is 40.6 Å². The summed E-state index contributed by atoms with van der Waals surface area (Å²) in [6, 6.07) is 9.96. The largest absolute Gasteiger partial charge is 0.405 e. The lowest BCUT2D eigenvalue weighted by Crippen LogP contribution is -2.51. The highest BCUT2D eigenvalue weighted by Gasteiger charge is 2.31. The van der Waals surface area contributed by atoms with Gasteiger partial charge in [-0.25, -0.2) is 9.18 Å². The Hall–Kier alpha value is -2.39. The number of carbonyl (C=O) groups is 1. The molecule has 2 aromatic rings. The molecule has 0 aliphatic carbocycles. The van der Waals surface area contributed by atoms with Gasteiger partial charge in [0, 0.05) is 0 Å². The van der Waals surface area contributed by atoms with Crippen LogP contribution in [-0.4, -0.2) is 34.8 Å². The first-order valence-electron chi connectivity index (χ1n) is 8.83. The monoisotopic (exact) mass is 461 g/mol. The fraction of sp³-hybridized carbons (Fsp3) is 0.300. The van der Waals surface area contributed by atoms with Crippen LogP contribution in [0.2, 0.25) is 0 Å². The molecule has 0 aliphatic rings. The number of hydrogen-bond donors (Lipinski definition) is 1. The zero-order valence-electron chi connectivity index (χ0n) is 16.3. The first-order chi connectivity index (χ1) is 14.0. The van der Waals surface area contributed by atoms with Gasteiger partial charge in [0.1, 0.15) is 18.4 Å². The molecule has 0 atom stereocenters. The average Bonchev–Trinajstić information content (AvgIpc) is 2.67. The van der Waals surface area contributed by atoms with Crippen molar-refractivity contribution in [1.29, 1.82) is 0 Å². The predicted octanol–water partition coefficient (Wildman–Crippen LogP) is 5.50. The van der Waals surface area contributed by atoms with Crippen LogP contribution >= 0.6 is 23.8 Å². The number of thiocarbonyl (C=S) groups is 1. The third-order valence-electron chi connectivity index (χ3n) is 4.25. The predicted molar refractivity (Wildman–Crippen MR) is 113 cm³/mol. The number of aryl methyl sites for hydroxylation is 2. The molecule has 0 saturated carbocycles. The number of carbonyl (C=O) groups excluding carboxylic acids is 1. The van der Waals surface area contributed by atoms with Crippen LogP contribution in [0, 0.1) is 19.7 Å². The van der Waals surface area contributed by atoms with Crippen molar-refractivity contribution in [2.75, 3.05) is 17.4 Å². The standard InChI is InChI=1S/C20H20ClF4N3OS/c1-13-7-8-17(16(22)9-13)28(12-21)19(29)27(18(30)26-11-20(23,24)25)10-15-6-4-3-5-14(15)2/h3-9H,10-12H2,1-2H3,(H,26,30). The number of hydrogen-bond acceptors (Lipinski definition) is 2. The molecule has 0 aliphatic heterocycles. The number of urea groups is 1. The maximum atomic E-state index is 14.4. The third kappa shape index (κ3) is 6.30. The molecule has 2 rings (SSSR count). The number of halogens is 5. The van der Waals surface area contributed by atoms with E-state index in [1.165, 1.54) is 12.1 Å². The maximum absolute atomic E-state index is 14.4. The Morgan fingerprint density at radius 2 is 1.83 bits per heavy atom. The minimum Gasteiger partial charge on any atom is -0.353 e. The van der Waals surface area contributed by atoms with Crippen LogP contribution in [0.4, 0.5) is 28.0 Å². The molecule has 0 heterocycles. The Morgan fingerprint density at radius 1 is 1.17 bits per heavy atom. The van der Waals surface area contributed by atoms with Crippen LogP contribution in [0.15, 0.2) is 42.5 Å². The van der Waals surface area contributed by atoms with Crippen LogP contribution in [0.3, 0.4) is 0 Å². The third-order valence-corrected chi connectivity index (χ3v) is 4.85. The molecule has 0 aromatic heterocycles. The first-order valence-corrected chi connectivity index (χ1v) is 9.78. The van der Waals surface area contributed by atoms with E-state index in [2.05, 4.69) is 0 Å². The smallest absolute Gasteiger partial charge is 0.353 e. The van der Waals surface area contributed by atoms with Gasteiger partial charge >= 0.3 is 12.2 Å². The molecule has 30 heavy (non-hydrogen) atoms. The topological polar surface area (TPSA) is 35.6 Å². The summed E-state index contributed by atoms with van der Waals surface area (Å²) >= 11 is 11.0. The summed E-state index contributed by atoms with van der Waals surface area (Å²) in [4.78, 5) is 15.0. The van der Waals surface area contributed by atoms with Crippen molar-refractivity contribution in [1.82, 2.24) is 10.2 Å². The summed E-state index contributed by atoms with van der Waals surface area (Å²) in [6.45, 7) is 1.95. The zero-order valence-corrected chi connectivity index (χ0v) is 17.8. The highest BCUT2D eigenvalue weighted by Crippen LogP contribution is 2.24. The molecule has 2 aromatic carbocycles. The zero-order chi connectivity index (χ0) is 22.5. The quantitative estimate of drug-likeness (QED) is 0.276. The molecule has 1 N–H and O–H groups in total. The Bertz CT molecular complexity index is 923. The fourth-order valence-electron chi connectivity index (χ4n) is 2.65. The SMILES string of the molecule is Cc1ccc(N(CCl)C(=O)N(Cc2ccccc2C)C(=S)NCC(F)(F)F)c(F)c1. The first kappa shape index (κ1) is 23.9. The van der Waals surface area contributed by atoms with Crippen molar-refractivity contribution in [3.05, 3.63) is 65.0 Å². The number of nitrogens with one attached hydrogen (secondary N) is 1. The summed E-state index contributed by atoms with van der Waals surface area (Å²) in [5.41, 5.74) is 2.01. The normalized spacial score (nSPS) is 11.2. The summed E-state index contributed by atoms with van der Waals surface area (Å²) in [5.74, 6) is -0.686. The van der Waals surface area contributed by atoms with Gasteiger partial charge in [0.15, 0.2) is 5.11 Å². The second kappa shape index (κ2) is 10.1. The van der Waals surface area contributed by atoms with Crippen molar-refractivity contribution in [3.8, 4) is 0 Å². The molecule has 0 fully saturated rings. The van der Waals surface area contributed by atoms with Crippen LogP contribution in [0.1, 0.15) is 16.7 Å². The number of rotatable bonds is 5. The van der Waals surface area contributed by atoms with Crippen molar-refractivity contribution in [2.24, 2.45) is 0 Å². The van der Waals surface area contributed by atoms with Gasteiger partial charge in [-0.15, -0.1) is 11.6 Å². The molecule has 162 valence electrons. The Labute approximate surface area is 182 Å². The molecule has 0 spiro atoms. The average molecular weight is 462 g/mol. The van der Waals surface area contributed by atoms with Gasteiger partial charge < -0.3 is 5.32 Å². The van der Waals surface area contributed by atoms with E-state index in [4.69, 9.17) is 23.8 Å². The maximum Gasteiger partial charge on any atom is 0.405 e. The van der Waals surface area contributed by atoms with Gasteiger partial charge in [-0.2, -0.15) is 13.2 Å². The molecule has 10 heteroatoms. The van der Waals surface area contributed by atoms with Gasteiger partial charge in [0.25, 0.3) is 0 Å². The summed E-state index contributed by atoms with van der Waals surface area (Å²) in [6.07, 6.45) is -4.53. The molecule has 0 radical (unpaired) electrons. The molecule has 0 unspecified atom stereocenters. The molecule has 2 amide bonds. The van der Waals surface area contributed by atoms with Gasteiger partial charge in [0.05, 0.1) is 12.2 Å². The molecule has 4 nitrogen and oxygen atoms in total. The van der Waals surface area contributed by atoms with Crippen molar-refractivity contribution in [2.45, 2.75) is 26.6 Å². The number of amides is 2. The van der Waals surface area contributed by atoms with Gasteiger partial charge in [0.2, 0.25) is 0 Å². The summed E-state index contributed by atoms with van der Waals surface area (Å²) < 4.78 is 52.4. The van der Waals surface area contributed by atoms with Gasteiger partial charge in [-0.3, -0.25) is 9.80 Å². The van der Waals surface area contributed by atoms with E-state index in [0.29, 0.717) is 11.1 Å².